The summed E-state index contributed by atoms with van der Waals surface area (Å²) >= 11 is 5.97. The van der Waals surface area contributed by atoms with Gasteiger partial charge < -0.3 is 10.1 Å². The van der Waals surface area contributed by atoms with Crippen molar-refractivity contribution in [3.8, 4) is 0 Å². The van der Waals surface area contributed by atoms with E-state index in [1.165, 1.54) is 31.2 Å². The molecule has 2 fully saturated rings. The van der Waals surface area contributed by atoms with Gasteiger partial charge in [0.25, 0.3) is 0 Å². The molecule has 1 N–H and O–H groups in total. The fraction of sp³-hybridized carbons (Fsp3) is 0.647. The van der Waals surface area contributed by atoms with Crippen LogP contribution in [-0.2, 0) is 11.2 Å². The zero-order valence-electron chi connectivity index (χ0n) is 12.1. The highest BCUT2D eigenvalue weighted by atomic mass is 35.5. The maximum absolute atomic E-state index is 6.04. The van der Waals surface area contributed by atoms with Gasteiger partial charge in [-0.25, -0.2) is 0 Å². The molecule has 2 bridgehead atoms. The number of halogens is 1. The smallest absolute Gasteiger partial charge is 0.0623 e. The van der Waals surface area contributed by atoms with Crippen LogP contribution in [0.15, 0.2) is 24.3 Å². The van der Waals surface area contributed by atoms with Gasteiger partial charge in [0, 0.05) is 17.0 Å². The maximum atomic E-state index is 6.04. The summed E-state index contributed by atoms with van der Waals surface area (Å²) in [4.78, 5) is 0. The molecule has 4 atom stereocenters. The number of rotatable bonds is 6. The second-order valence-corrected chi connectivity index (χ2v) is 6.60. The molecule has 0 radical (unpaired) electrons. The Labute approximate surface area is 126 Å². The van der Waals surface area contributed by atoms with E-state index in [0.717, 1.165) is 18.0 Å². The summed E-state index contributed by atoms with van der Waals surface area (Å²) in [5.41, 5.74) is 1.37. The minimum atomic E-state index is 0.488. The van der Waals surface area contributed by atoms with Crippen molar-refractivity contribution in [2.75, 3.05) is 6.54 Å². The van der Waals surface area contributed by atoms with Crippen LogP contribution in [-0.4, -0.2) is 24.8 Å². The number of benzene rings is 1. The monoisotopic (exact) mass is 293 g/mol. The Kier molecular flexibility index (Phi) is 4.65. The third-order valence-corrected chi connectivity index (χ3v) is 4.95. The van der Waals surface area contributed by atoms with Gasteiger partial charge in [-0.2, -0.15) is 0 Å². The molecule has 2 nitrogen and oxygen atoms in total. The Hall–Kier alpha value is -0.570. The van der Waals surface area contributed by atoms with E-state index in [1.807, 2.05) is 12.1 Å². The molecule has 0 aromatic heterocycles. The van der Waals surface area contributed by atoms with Crippen LogP contribution in [0.2, 0.25) is 5.02 Å². The lowest BCUT2D eigenvalue weighted by molar-refractivity contribution is 0.0857. The largest absolute Gasteiger partial charge is 0.375 e. The van der Waals surface area contributed by atoms with E-state index >= 15 is 0 Å². The number of hydrogen-bond donors (Lipinski definition) is 1. The van der Waals surface area contributed by atoms with Crippen LogP contribution < -0.4 is 5.32 Å². The quantitative estimate of drug-likeness (QED) is 0.861. The van der Waals surface area contributed by atoms with Crippen molar-refractivity contribution in [3.05, 3.63) is 34.9 Å². The van der Waals surface area contributed by atoms with Gasteiger partial charge >= 0.3 is 0 Å². The van der Waals surface area contributed by atoms with Crippen LogP contribution in [0.5, 0.6) is 0 Å². The molecule has 110 valence electrons. The Balaban J connectivity index is 1.67. The van der Waals surface area contributed by atoms with Crippen molar-refractivity contribution < 1.29 is 4.74 Å². The molecule has 0 saturated carbocycles. The van der Waals surface area contributed by atoms with E-state index in [9.17, 15) is 0 Å². The molecule has 3 heteroatoms. The van der Waals surface area contributed by atoms with E-state index in [-0.39, 0.29) is 0 Å². The summed E-state index contributed by atoms with van der Waals surface area (Å²) < 4.78 is 6.04. The van der Waals surface area contributed by atoms with Gasteiger partial charge in [-0.3, -0.25) is 0 Å². The molecule has 1 aromatic rings. The summed E-state index contributed by atoms with van der Waals surface area (Å²) in [5.74, 6) is 0.677. The summed E-state index contributed by atoms with van der Waals surface area (Å²) in [7, 11) is 0. The normalized spacial score (nSPS) is 29.8. The highest BCUT2D eigenvalue weighted by molar-refractivity contribution is 6.30. The van der Waals surface area contributed by atoms with Crippen LogP contribution in [0.3, 0.4) is 0 Å². The summed E-state index contributed by atoms with van der Waals surface area (Å²) in [5, 5.41) is 4.56. The van der Waals surface area contributed by atoms with E-state index in [0.29, 0.717) is 24.2 Å². The summed E-state index contributed by atoms with van der Waals surface area (Å²) in [6.45, 7) is 3.32. The molecular weight excluding hydrogens is 270 g/mol. The van der Waals surface area contributed by atoms with Crippen molar-refractivity contribution in [2.45, 2.75) is 57.3 Å². The molecular formula is C17H24ClNO. The second-order valence-electron chi connectivity index (χ2n) is 6.16. The zero-order chi connectivity index (χ0) is 13.9. The van der Waals surface area contributed by atoms with Gasteiger partial charge in [0.05, 0.1) is 12.2 Å². The highest BCUT2D eigenvalue weighted by Crippen LogP contribution is 2.41. The first-order chi connectivity index (χ1) is 9.76. The number of hydrogen-bond acceptors (Lipinski definition) is 2. The molecule has 20 heavy (non-hydrogen) atoms. The number of nitrogens with one attached hydrogen (secondary N) is 1. The second kappa shape index (κ2) is 6.46. The van der Waals surface area contributed by atoms with Gasteiger partial charge in [0.2, 0.25) is 0 Å². The maximum Gasteiger partial charge on any atom is 0.0623 e. The first-order valence-corrected chi connectivity index (χ1v) is 8.27. The zero-order valence-corrected chi connectivity index (χ0v) is 12.9. The number of ether oxygens (including phenoxy) is 1. The molecule has 0 aliphatic carbocycles. The van der Waals surface area contributed by atoms with Crippen molar-refractivity contribution in [3.63, 3.8) is 0 Å². The van der Waals surface area contributed by atoms with Gasteiger partial charge in [-0.1, -0.05) is 30.7 Å². The first kappa shape index (κ1) is 14.4. The Morgan fingerprint density at radius 3 is 2.70 bits per heavy atom. The predicted molar refractivity (Wildman–Crippen MR) is 83.2 cm³/mol. The molecule has 2 heterocycles. The summed E-state index contributed by atoms with van der Waals surface area (Å²) in [6, 6.07) is 8.82. The minimum Gasteiger partial charge on any atom is -0.375 e. The summed E-state index contributed by atoms with van der Waals surface area (Å²) in [6.07, 6.45) is 7.03. The van der Waals surface area contributed by atoms with Crippen LogP contribution in [0.4, 0.5) is 0 Å². The highest BCUT2D eigenvalue weighted by Gasteiger charge is 2.43. The average molecular weight is 294 g/mol. The lowest BCUT2D eigenvalue weighted by Crippen LogP contribution is -2.42. The minimum absolute atomic E-state index is 0.488. The van der Waals surface area contributed by atoms with Crippen molar-refractivity contribution >= 4 is 11.6 Å². The molecule has 1 aromatic carbocycles. The third-order valence-electron chi connectivity index (χ3n) is 4.70. The predicted octanol–water partition coefficient (Wildman–Crippen LogP) is 3.82. The SMILES string of the molecule is CCCNC(Cc1ccc(Cl)cc1)C1CC2CCC1O2. The first-order valence-electron chi connectivity index (χ1n) is 7.89. The average Bonchev–Trinajstić information content (AvgIpc) is 3.08. The van der Waals surface area contributed by atoms with Gasteiger partial charge in [0.15, 0.2) is 0 Å². The van der Waals surface area contributed by atoms with Crippen molar-refractivity contribution in [2.24, 2.45) is 5.92 Å². The molecule has 2 saturated heterocycles. The lowest BCUT2D eigenvalue weighted by Gasteiger charge is -2.29. The Morgan fingerprint density at radius 2 is 2.10 bits per heavy atom. The van der Waals surface area contributed by atoms with E-state index in [2.05, 4.69) is 24.4 Å². The molecule has 0 spiro atoms. The standard InChI is InChI=1S/C17H24ClNO/c1-2-9-19-16(10-12-3-5-13(18)6-4-12)15-11-14-7-8-17(15)20-14/h3-6,14-17,19H,2,7-11H2,1H3. The van der Waals surface area contributed by atoms with Crippen LogP contribution in [0, 0.1) is 5.92 Å². The number of fused-ring (bicyclic) bond motifs is 2. The topological polar surface area (TPSA) is 21.3 Å². The van der Waals surface area contributed by atoms with E-state index in [1.54, 1.807) is 0 Å². The van der Waals surface area contributed by atoms with Crippen LogP contribution in [0.25, 0.3) is 0 Å². The Morgan fingerprint density at radius 1 is 1.30 bits per heavy atom. The Bertz CT molecular complexity index is 433. The van der Waals surface area contributed by atoms with Gasteiger partial charge in [0.1, 0.15) is 0 Å². The molecule has 4 unspecified atom stereocenters. The third kappa shape index (κ3) is 3.19. The van der Waals surface area contributed by atoms with E-state index < -0.39 is 0 Å². The van der Waals surface area contributed by atoms with E-state index in [4.69, 9.17) is 16.3 Å². The fourth-order valence-electron chi connectivity index (χ4n) is 3.68. The molecule has 3 rings (SSSR count). The molecule has 2 aliphatic heterocycles. The van der Waals surface area contributed by atoms with Gasteiger partial charge in [-0.15, -0.1) is 0 Å². The van der Waals surface area contributed by atoms with Crippen LogP contribution >= 0.6 is 11.6 Å². The molecule has 0 amide bonds. The van der Waals surface area contributed by atoms with Crippen LogP contribution in [0.1, 0.15) is 38.2 Å². The molecule has 2 aliphatic rings. The van der Waals surface area contributed by atoms with Gasteiger partial charge in [-0.05, 0) is 56.3 Å². The fourth-order valence-corrected chi connectivity index (χ4v) is 3.81. The lowest BCUT2D eigenvalue weighted by atomic mass is 9.81. The van der Waals surface area contributed by atoms with Crippen molar-refractivity contribution in [1.29, 1.82) is 0 Å². The van der Waals surface area contributed by atoms with Crippen molar-refractivity contribution in [1.82, 2.24) is 5.32 Å².